The number of rotatable bonds is 8. The first-order valence-corrected chi connectivity index (χ1v) is 5.38. The van der Waals surface area contributed by atoms with Crippen molar-refractivity contribution in [3.05, 3.63) is 17.5 Å². The van der Waals surface area contributed by atoms with E-state index in [-0.39, 0.29) is 0 Å². The maximum Gasteiger partial charge on any atom is 0.136 e. The summed E-state index contributed by atoms with van der Waals surface area (Å²) in [6.45, 7) is 4.12. The molecule has 1 rings (SSSR count). The third kappa shape index (κ3) is 4.95. The summed E-state index contributed by atoms with van der Waals surface area (Å²) in [7, 11) is 1.67. The fourth-order valence-corrected chi connectivity index (χ4v) is 1.24. The van der Waals surface area contributed by atoms with Crippen LogP contribution >= 0.6 is 0 Å². The molecule has 4 nitrogen and oxygen atoms in total. The highest BCUT2D eigenvalue weighted by molar-refractivity contribution is 5.04. The van der Waals surface area contributed by atoms with Gasteiger partial charge in [0.1, 0.15) is 5.76 Å². The number of hydrogen-bond donors (Lipinski definition) is 0. The Kier molecular flexibility index (Phi) is 6.04. The van der Waals surface area contributed by atoms with Crippen molar-refractivity contribution in [1.29, 1.82) is 0 Å². The van der Waals surface area contributed by atoms with E-state index in [9.17, 15) is 0 Å². The van der Waals surface area contributed by atoms with Gasteiger partial charge in [-0.15, -0.1) is 0 Å². The van der Waals surface area contributed by atoms with E-state index < -0.39 is 0 Å². The summed E-state index contributed by atoms with van der Waals surface area (Å²) in [4.78, 5) is 0. The zero-order chi connectivity index (χ0) is 10.9. The highest BCUT2D eigenvalue weighted by Gasteiger charge is 2.01. The van der Waals surface area contributed by atoms with Gasteiger partial charge in [-0.25, -0.2) is 0 Å². The minimum atomic E-state index is 0.657. The zero-order valence-corrected chi connectivity index (χ0v) is 9.49. The van der Waals surface area contributed by atoms with Crippen molar-refractivity contribution in [3.8, 4) is 0 Å². The average molecular weight is 213 g/mol. The molecule has 1 aromatic heterocycles. The minimum absolute atomic E-state index is 0.657. The molecule has 0 bridgehead atoms. The van der Waals surface area contributed by atoms with Crippen LogP contribution in [0.2, 0.25) is 0 Å². The monoisotopic (exact) mass is 213 g/mol. The fourth-order valence-electron chi connectivity index (χ4n) is 1.24. The van der Waals surface area contributed by atoms with Gasteiger partial charge in [0, 0.05) is 26.2 Å². The Morgan fingerprint density at radius 3 is 2.87 bits per heavy atom. The van der Waals surface area contributed by atoms with Crippen molar-refractivity contribution in [2.24, 2.45) is 0 Å². The number of aryl methyl sites for hydroxylation is 2. The van der Waals surface area contributed by atoms with Gasteiger partial charge in [-0.3, -0.25) is 0 Å². The van der Waals surface area contributed by atoms with E-state index in [0.29, 0.717) is 13.2 Å². The molecule has 1 aromatic rings. The molecule has 0 radical (unpaired) electrons. The normalized spacial score (nSPS) is 10.8. The predicted octanol–water partition coefficient (Wildman–Crippen LogP) is 1.83. The lowest BCUT2D eigenvalue weighted by Gasteiger charge is -2.01. The molecular weight excluding hydrogens is 194 g/mol. The van der Waals surface area contributed by atoms with E-state index in [1.54, 1.807) is 7.11 Å². The first-order valence-electron chi connectivity index (χ1n) is 5.38. The molecule has 1 heterocycles. The second-order valence-corrected chi connectivity index (χ2v) is 3.35. The van der Waals surface area contributed by atoms with Crippen LogP contribution in [0.1, 0.15) is 24.8 Å². The van der Waals surface area contributed by atoms with Crippen LogP contribution in [0.25, 0.3) is 0 Å². The summed E-state index contributed by atoms with van der Waals surface area (Å²) in [5.41, 5.74) is 1.02. The molecule has 0 fully saturated rings. The average Bonchev–Trinajstić information content (AvgIpc) is 2.71. The Morgan fingerprint density at radius 1 is 1.33 bits per heavy atom. The lowest BCUT2D eigenvalue weighted by molar-refractivity contribution is 0.0694. The summed E-state index contributed by atoms with van der Waals surface area (Å²) in [6.07, 6.45) is 2.78. The van der Waals surface area contributed by atoms with Crippen LogP contribution in [0.15, 0.2) is 10.6 Å². The van der Waals surface area contributed by atoms with Gasteiger partial charge in [0.2, 0.25) is 0 Å². The van der Waals surface area contributed by atoms with Gasteiger partial charge in [0.05, 0.1) is 18.9 Å². The van der Waals surface area contributed by atoms with Crippen LogP contribution in [0, 0.1) is 0 Å². The molecule has 0 saturated heterocycles. The standard InChI is InChI=1S/C11H19NO3/c1-3-11-9-10(12-15-11)5-4-6-14-8-7-13-2/h9H,3-8H2,1-2H3. The molecule has 0 unspecified atom stereocenters. The highest BCUT2D eigenvalue weighted by Crippen LogP contribution is 2.06. The second-order valence-electron chi connectivity index (χ2n) is 3.35. The molecule has 15 heavy (non-hydrogen) atoms. The molecule has 0 N–H and O–H groups in total. The molecule has 0 atom stereocenters. The van der Waals surface area contributed by atoms with Crippen LogP contribution in [0.5, 0.6) is 0 Å². The van der Waals surface area contributed by atoms with E-state index in [1.165, 1.54) is 0 Å². The molecular formula is C11H19NO3. The number of methoxy groups -OCH3 is 1. The molecule has 0 aliphatic heterocycles. The van der Waals surface area contributed by atoms with Crippen molar-refractivity contribution in [3.63, 3.8) is 0 Å². The van der Waals surface area contributed by atoms with Crippen molar-refractivity contribution < 1.29 is 14.0 Å². The van der Waals surface area contributed by atoms with Crippen molar-refractivity contribution in [2.45, 2.75) is 26.2 Å². The maximum atomic E-state index is 5.35. The Bertz CT molecular complexity index is 260. The number of ether oxygens (including phenoxy) is 2. The number of nitrogens with zero attached hydrogens (tertiary/aromatic N) is 1. The molecule has 0 spiro atoms. The van der Waals surface area contributed by atoms with E-state index >= 15 is 0 Å². The lowest BCUT2D eigenvalue weighted by atomic mass is 10.2. The van der Waals surface area contributed by atoms with Crippen LogP contribution in [-0.4, -0.2) is 32.1 Å². The topological polar surface area (TPSA) is 44.5 Å². The van der Waals surface area contributed by atoms with E-state index in [2.05, 4.69) is 12.1 Å². The number of hydrogen-bond acceptors (Lipinski definition) is 4. The van der Waals surface area contributed by atoms with E-state index in [1.807, 2.05) is 6.07 Å². The largest absolute Gasteiger partial charge is 0.382 e. The van der Waals surface area contributed by atoms with Crippen LogP contribution in [0.3, 0.4) is 0 Å². The SMILES string of the molecule is CCc1cc(CCCOCCOC)no1. The van der Waals surface area contributed by atoms with Gasteiger partial charge in [0.25, 0.3) is 0 Å². The lowest BCUT2D eigenvalue weighted by Crippen LogP contribution is -2.03. The summed E-state index contributed by atoms with van der Waals surface area (Å²) < 4.78 is 15.3. The smallest absolute Gasteiger partial charge is 0.136 e. The van der Waals surface area contributed by atoms with Crippen molar-refractivity contribution in [1.82, 2.24) is 5.16 Å². The molecule has 0 aliphatic rings. The maximum absolute atomic E-state index is 5.35. The van der Waals surface area contributed by atoms with Crippen LogP contribution in [0.4, 0.5) is 0 Å². The molecule has 0 saturated carbocycles. The third-order valence-corrected chi connectivity index (χ3v) is 2.11. The summed E-state index contributed by atoms with van der Waals surface area (Å²) >= 11 is 0. The second kappa shape index (κ2) is 7.43. The molecule has 86 valence electrons. The van der Waals surface area contributed by atoms with Crippen LogP contribution < -0.4 is 0 Å². The first-order chi connectivity index (χ1) is 7.36. The molecule has 0 amide bonds. The number of aromatic nitrogens is 1. The Morgan fingerprint density at radius 2 is 2.20 bits per heavy atom. The van der Waals surface area contributed by atoms with Crippen LogP contribution in [-0.2, 0) is 22.3 Å². The molecule has 0 aromatic carbocycles. The van der Waals surface area contributed by atoms with Crippen molar-refractivity contribution in [2.75, 3.05) is 26.9 Å². The summed E-state index contributed by atoms with van der Waals surface area (Å²) in [5, 5.41) is 3.97. The first kappa shape index (κ1) is 12.2. The fraction of sp³-hybridized carbons (Fsp3) is 0.727. The minimum Gasteiger partial charge on any atom is -0.382 e. The predicted molar refractivity (Wildman–Crippen MR) is 56.9 cm³/mol. The van der Waals surface area contributed by atoms with Gasteiger partial charge >= 0.3 is 0 Å². The van der Waals surface area contributed by atoms with Crippen molar-refractivity contribution >= 4 is 0 Å². The Labute approximate surface area is 90.5 Å². The summed E-state index contributed by atoms with van der Waals surface area (Å²) in [6, 6.07) is 2.01. The quantitative estimate of drug-likeness (QED) is 0.618. The van der Waals surface area contributed by atoms with Gasteiger partial charge in [0.15, 0.2) is 0 Å². The van der Waals surface area contributed by atoms with Gasteiger partial charge < -0.3 is 14.0 Å². The highest BCUT2D eigenvalue weighted by atomic mass is 16.5. The van der Waals surface area contributed by atoms with Gasteiger partial charge in [-0.1, -0.05) is 12.1 Å². The van der Waals surface area contributed by atoms with Gasteiger partial charge in [-0.2, -0.15) is 0 Å². The van der Waals surface area contributed by atoms with Gasteiger partial charge in [-0.05, 0) is 12.8 Å². The molecule has 4 heteroatoms. The van der Waals surface area contributed by atoms with E-state index in [0.717, 1.165) is 37.3 Å². The molecule has 0 aliphatic carbocycles. The zero-order valence-electron chi connectivity index (χ0n) is 9.49. The third-order valence-electron chi connectivity index (χ3n) is 2.11. The Hall–Kier alpha value is -0.870. The Balaban J connectivity index is 2.04. The summed E-state index contributed by atoms with van der Waals surface area (Å²) in [5.74, 6) is 0.949. The van der Waals surface area contributed by atoms with E-state index in [4.69, 9.17) is 14.0 Å².